The van der Waals surface area contributed by atoms with Crippen LogP contribution < -0.4 is 16.4 Å². The van der Waals surface area contributed by atoms with E-state index in [1.54, 1.807) is 11.8 Å². The van der Waals surface area contributed by atoms with Gasteiger partial charge >= 0.3 is 0 Å². The molecule has 1 aliphatic rings. The molecule has 1 fully saturated rings. The molecule has 1 atom stereocenters. The van der Waals surface area contributed by atoms with Crippen molar-refractivity contribution in [2.75, 3.05) is 31.1 Å². The topological polar surface area (TPSA) is 84.2 Å². The van der Waals surface area contributed by atoms with Gasteiger partial charge in [0.2, 0.25) is 5.91 Å². The maximum absolute atomic E-state index is 11.6. The normalized spacial score (nSPS) is 23.8. The van der Waals surface area contributed by atoms with E-state index in [9.17, 15) is 9.59 Å². The number of nitrogens with two attached hydrogens (primary N) is 1. The van der Waals surface area contributed by atoms with Crippen LogP contribution in [-0.2, 0) is 9.59 Å². The first kappa shape index (κ1) is 12.5. The van der Waals surface area contributed by atoms with Crippen LogP contribution >= 0.6 is 11.8 Å². The van der Waals surface area contributed by atoms with E-state index in [1.807, 2.05) is 0 Å². The van der Waals surface area contributed by atoms with Gasteiger partial charge in [-0.1, -0.05) is 0 Å². The molecule has 86 valence electrons. The van der Waals surface area contributed by atoms with E-state index in [1.165, 1.54) is 0 Å². The molecule has 0 spiro atoms. The predicted octanol–water partition coefficient (Wildman–Crippen LogP) is -1.27. The predicted molar refractivity (Wildman–Crippen MR) is 60.8 cm³/mol. The van der Waals surface area contributed by atoms with Crippen molar-refractivity contribution in [1.29, 1.82) is 0 Å². The molecule has 0 aromatic carbocycles. The minimum absolute atomic E-state index is 0.0410. The Kier molecular flexibility index (Phi) is 5.67. The van der Waals surface area contributed by atoms with Crippen molar-refractivity contribution in [2.24, 2.45) is 5.73 Å². The molecule has 0 radical (unpaired) electrons. The number of Topliss-reactive ketones (excluding diaryl/α,β-unsaturated/α-hetero) is 1. The molecule has 0 aromatic rings. The van der Waals surface area contributed by atoms with Crippen LogP contribution in [0.3, 0.4) is 0 Å². The molecule has 0 bridgehead atoms. The SMILES string of the molecule is NCC(=O)NC1CCSCCNCC1=O. The lowest BCUT2D eigenvalue weighted by atomic mass is 10.1. The zero-order valence-corrected chi connectivity index (χ0v) is 9.44. The molecule has 0 saturated carbocycles. The number of amides is 1. The zero-order chi connectivity index (χ0) is 11.1. The Balaban J connectivity index is 2.48. The van der Waals surface area contributed by atoms with Gasteiger partial charge in [0.1, 0.15) is 0 Å². The van der Waals surface area contributed by atoms with Gasteiger partial charge in [-0.05, 0) is 12.2 Å². The fourth-order valence-electron chi connectivity index (χ4n) is 1.35. The van der Waals surface area contributed by atoms with Crippen molar-refractivity contribution in [3.8, 4) is 0 Å². The Bertz CT molecular complexity index is 235. The van der Waals surface area contributed by atoms with Crippen molar-refractivity contribution < 1.29 is 9.59 Å². The summed E-state index contributed by atoms with van der Waals surface area (Å²) in [7, 11) is 0. The van der Waals surface area contributed by atoms with Crippen LogP contribution in [-0.4, -0.2) is 48.9 Å². The van der Waals surface area contributed by atoms with Gasteiger partial charge in [-0.25, -0.2) is 0 Å². The summed E-state index contributed by atoms with van der Waals surface area (Å²) >= 11 is 1.79. The molecular formula is C9H17N3O2S. The Morgan fingerprint density at radius 3 is 3.13 bits per heavy atom. The van der Waals surface area contributed by atoms with Crippen LogP contribution in [0.25, 0.3) is 0 Å². The van der Waals surface area contributed by atoms with Gasteiger partial charge < -0.3 is 16.4 Å². The second-order valence-electron chi connectivity index (χ2n) is 3.37. The van der Waals surface area contributed by atoms with Crippen molar-refractivity contribution >= 4 is 23.5 Å². The highest BCUT2D eigenvalue weighted by Gasteiger charge is 2.20. The Labute approximate surface area is 93.5 Å². The average Bonchev–Trinajstić information content (AvgIpc) is 2.33. The fraction of sp³-hybridized carbons (Fsp3) is 0.778. The lowest BCUT2D eigenvalue weighted by Gasteiger charge is -2.15. The molecule has 4 N–H and O–H groups in total. The number of ketones is 1. The number of rotatable bonds is 2. The highest BCUT2D eigenvalue weighted by molar-refractivity contribution is 7.99. The maximum Gasteiger partial charge on any atom is 0.234 e. The first-order valence-corrected chi connectivity index (χ1v) is 6.20. The molecule has 1 saturated heterocycles. The summed E-state index contributed by atoms with van der Waals surface area (Å²) in [6, 6.07) is -0.376. The van der Waals surface area contributed by atoms with Crippen LogP contribution in [0.4, 0.5) is 0 Å². The quantitative estimate of drug-likeness (QED) is 0.551. The minimum Gasteiger partial charge on any atom is -0.345 e. The minimum atomic E-state index is -0.376. The largest absolute Gasteiger partial charge is 0.345 e. The number of hydrogen-bond acceptors (Lipinski definition) is 5. The number of carbonyl (C=O) groups is 2. The summed E-state index contributed by atoms with van der Waals surface area (Å²) in [6.45, 7) is 1.11. The highest BCUT2D eigenvalue weighted by Crippen LogP contribution is 2.06. The molecular weight excluding hydrogens is 214 g/mol. The molecule has 6 heteroatoms. The van der Waals surface area contributed by atoms with Crippen LogP contribution in [0.1, 0.15) is 6.42 Å². The molecule has 1 aliphatic heterocycles. The van der Waals surface area contributed by atoms with Gasteiger partial charge in [-0.15, -0.1) is 0 Å². The number of carbonyl (C=O) groups excluding carboxylic acids is 2. The molecule has 1 unspecified atom stereocenters. The van der Waals surface area contributed by atoms with Crippen molar-refractivity contribution in [2.45, 2.75) is 12.5 Å². The van der Waals surface area contributed by atoms with E-state index in [0.717, 1.165) is 18.1 Å². The van der Waals surface area contributed by atoms with E-state index < -0.39 is 0 Å². The van der Waals surface area contributed by atoms with Gasteiger partial charge in [0.05, 0.1) is 19.1 Å². The van der Waals surface area contributed by atoms with Gasteiger partial charge in [0.15, 0.2) is 5.78 Å². The third kappa shape index (κ3) is 4.63. The van der Waals surface area contributed by atoms with Crippen LogP contribution in [0.15, 0.2) is 0 Å². The molecule has 15 heavy (non-hydrogen) atoms. The lowest BCUT2D eigenvalue weighted by Crippen LogP contribution is -2.46. The van der Waals surface area contributed by atoms with Crippen LogP contribution in [0.2, 0.25) is 0 Å². The summed E-state index contributed by atoms with van der Waals surface area (Å²) in [4.78, 5) is 22.7. The van der Waals surface area contributed by atoms with E-state index in [4.69, 9.17) is 5.73 Å². The second kappa shape index (κ2) is 6.81. The van der Waals surface area contributed by atoms with E-state index in [2.05, 4.69) is 10.6 Å². The first-order chi connectivity index (χ1) is 7.24. The standard InChI is InChI=1S/C9H17N3O2S/c10-5-9(14)12-7-1-3-15-4-2-11-6-8(7)13/h7,11H,1-6,10H2,(H,12,14). The van der Waals surface area contributed by atoms with E-state index in [0.29, 0.717) is 13.0 Å². The Morgan fingerprint density at radius 2 is 2.40 bits per heavy atom. The van der Waals surface area contributed by atoms with Crippen molar-refractivity contribution in [1.82, 2.24) is 10.6 Å². The smallest absolute Gasteiger partial charge is 0.234 e. The van der Waals surface area contributed by atoms with E-state index >= 15 is 0 Å². The van der Waals surface area contributed by atoms with Gasteiger partial charge in [0, 0.05) is 12.3 Å². The van der Waals surface area contributed by atoms with Gasteiger partial charge in [0.25, 0.3) is 0 Å². The summed E-state index contributed by atoms with van der Waals surface area (Å²) < 4.78 is 0. The third-order valence-corrected chi connectivity index (χ3v) is 3.20. The van der Waals surface area contributed by atoms with Crippen LogP contribution in [0, 0.1) is 0 Å². The summed E-state index contributed by atoms with van der Waals surface area (Å²) in [5.41, 5.74) is 5.19. The van der Waals surface area contributed by atoms with Crippen molar-refractivity contribution in [3.63, 3.8) is 0 Å². The number of hydrogen-bond donors (Lipinski definition) is 3. The zero-order valence-electron chi connectivity index (χ0n) is 8.62. The molecule has 1 amide bonds. The summed E-state index contributed by atoms with van der Waals surface area (Å²) in [5.74, 6) is 1.67. The molecule has 0 aliphatic carbocycles. The highest BCUT2D eigenvalue weighted by atomic mass is 32.2. The monoisotopic (exact) mass is 231 g/mol. The number of thioether (sulfide) groups is 1. The maximum atomic E-state index is 11.6. The first-order valence-electron chi connectivity index (χ1n) is 5.04. The van der Waals surface area contributed by atoms with Crippen LogP contribution in [0.5, 0.6) is 0 Å². The average molecular weight is 231 g/mol. The third-order valence-electron chi connectivity index (χ3n) is 2.18. The Morgan fingerprint density at radius 1 is 1.60 bits per heavy atom. The molecule has 1 rings (SSSR count). The lowest BCUT2D eigenvalue weighted by molar-refractivity contribution is -0.126. The van der Waals surface area contributed by atoms with Crippen molar-refractivity contribution in [3.05, 3.63) is 0 Å². The number of nitrogens with one attached hydrogen (secondary N) is 2. The van der Waals surface area contributed by atoms with E-state index in [-0.39, 0.29) is 24.3 Å². The Hall–Kier alpha value is -0.590. The molecule has 5 nitrogen and oxygen atoms in total. The fourth-order valence-corrected chi connectivity index (χ4v) is 2.24. The summed E-state index contributed by atoms with van der Waals surface area (Å²) in [6.07, 6.45) is 0.691. The molecule has 0 aromatic heterocycles. The summed E-state index contributed by atoms with van der Waals surface area (Å²) in [5, 5.41) is 5.69. The molecule has 1 heterocycles. The second-order valence-corrected chi connectivity index (χ2v) is 4.59. The van der Waals surface area contributed by atoms with Gasteiger partial charge in [-0.3, -0.25) is 9.59 Å². The van der Waals surface area contributed by atoms with Gasteiger partial charge in [-0.2, -0.15) is 11.8 Å².